The van der Waals surface area contributed by atoms with Gasteiger partial charge in [-0.1, -0.05) is 26.8 Å². The highest BCUT2D eigenvalue weighted by atomic mass is 16.6. The Morgan fingerprint density at radius 3 is 2.57 bits per heavy atom. The van der Waals surface area contributed by atoms with E-state index in [1.54, 1.807) is 4.90 Å². The number of pyridine rings is 1. The minimum Gasteiger partial charge on any atom is -0.440 e. The Bertz CT molecular complexity index is 790. The second kappa shape index (κ2) is 8.17. The number of carbonyl (C=O) groups is 2. The second-order valence-corrected chi connectivity index (χ2v) is 9.93. The van der Waals surface area contributed by atoms with Crippen molar-refractivity contribution in [3.05, 3.63) is 23.9 Å². The lowest BCUT2D eigenvalue weighted by Crippen LogP contribution is -2.44. The zero-order valence-electron chi connectivity index (χ0n) is 18.4. The number of rotatable bonds is 3. The van der Waals surface area contributed by atoms with Crippen molar-refractivity contribution in [3.63, 3.8) is 0 Å². The van der Waals surface area contributed by atoms with Crippen LogP contribution in [0.1, 0.15) is 52.1 Å². The summed E-state index contributed by atoms with van der Waals surface area (Å²) >= 11 is 0. The minimum atomic E-state index is -0.431. The van der Waals surface area contributed by atoms with Gasteiger partial charge in [-0.15, -0.1) is 0 Å². The fourth-order valence-electron chi connectivity index (χ4n) is 4.64. The highest BCUT2D eigenvalue weighted by Crippen LogP contribution is 2.34. The van der Waals surface area contributed by atoms with Crippen LogP contribution in [0.3, 0.4) is 0 Å². The number of aromatic nitrogens is 1. The molecule has 3 aliphatic heterocycles. The van der Waals surface area contributed by atoms with Gasteiger partial charge in [-0.25, -0.2) is 9.78 Å². The molecule has 3 fully saturated rings. The predicted molar refractivity (Wildman–Crippen MR) is 113 cm³/mol. The third-order valence-corrected chi connectivity index (χ3v) is 6.48. The Balaban J connectivity index is 1.37. The topological polar surface area (TPSA) is 72.0 Å². The van der Waals surface area contributed by atoms with Gasteiger partial charge in [0.1, 0.15) is 11.4 Å². The summed E-state index contributed by atoms with van der Waals surface area (Å²) in [7, 11) is 0. The molecule has 0 aliphatic carbocycles. The van der Waals surface area contributed by atoms with E-state index in [4.69, 9.17) is 14.5 Å². The smallest absolute Gasteiger partial charge is 0.416 e. The molecule has 7 heteroatoms. The number of hydrogen-bond acceptors (Lipinski definition) is 5. The van der Waals surface area contributed by atoms with E-state index in [-0.39, 0.29) is 17.4 Å². The van der Waals surface area contributed by atoms with E-state index < -0.39 is 5.60 Å². The normalized spacial score (nSPS) is 22.4. The molecule has 0 N–H and O–H groups in total. The standard InChI is InChI=1S/C23H33N3O4/c1-22(2,3)20(27)25-11-7-17(8-12-25)15-18-5-4-6-19(24-18)26-16-23(30-21(26)28)9-13-29-14-10-23/h4-6,17H,7-16H2,1-3H3. The Kier molecular flexibility index (Phi) is 5.75. The fourth-order valence-corrected chi connectivity index (χ4v) is 4.64. The first-order valence-electron chi connectivity index (χ1n) is 11.1. The van der Waals surface area contributed by atoms with Gasteiger partial charge < -0.3 is 14.4 Å². The number of anilines is 1. The van der Waals surface area contributed by atoms with Crippen LogP contribution < -0.4 is 4.90 Å². The first-order valence-corrected chi connectivity index (χ1v) is 11.1. The van der Waals surface area contributed by atoms with Gasteiger partial charge in [-0.05, 0) is 37.3 Å². The molecule has 1 aromatic rings. The van der Waals surface area contributed by atoms with Crippen LogP contribution >= 0.6 is 0 Å². The average Bonchev–Trinajstić information content (AvgIpc) is 3.03. The van der Waals surface area contributed by atoms with Crippen LogP contribution in [0.25, 0.3) is 0 Å². The van der Waals surface area contributed by atoms with Gasteiger partial charge >= 0.3 is 6.09 Å². The van der Waals surface area contributed by atoms with E-state index in [1.807, 2.05) is 43.9 Å². The molecule has 3 saturated heterocycles. The summed E-state index contributed by atoms with van der Waals surface area (Å²) in [4.78, 5) is 33.5. The predicted octanol–water partition coefficient (Wildman–Crippen LogP) is 3.41. The number of likely N-dealkylation sites (tertiary alicyclic amines) is 1. The van der Waals surface area contributed by atoms with E-state index in [9.17, 15) is 9.59 Å². The molecule has 2 amide bonds. The lowest BCUT2D eigenvalue weighted by atomic mass is 9.89. The summed E-state index contributed by atoms with van der Waals surface area (Å²) in [6.07, 6.45) is 4.01. The first kappa shape index (κ1) is 21.1. The van der Waals surface area contributed by atoms with E-state index in [2.05, 4.69) is 0 Å². The van der Waals surface area contributed by atoms with Gasteiger partial charge in [0.25, 0.3) is 0 Å². The summed E-state index contributed by atoms with van der Waals surface area (Å²) in [5, 5.41) is 0. The van der Waals surface area contributed by atoms with Gasteiger partial charge in [0.15, 0.2) is 0 Å². The fraction of sp³-hybridized carbons (Fsp3) is 0.696. The van der Waals surface area contributed by atoms with Gasteiger partial charge in [0.05, 0.1) is 19.8 Å². The van der Waals surface area contributed by atoms with Crippen molar-refractivity contribution in [3.8, 4) is 0 Å². The van der Waals surface area contributed by atoms with E-state index in [1.165, 1.54) is 0 Å². The van der Waals surface area contributed by atoms with Crippen LogP contribution in [-0.4, -0.2) is 60.3 Å². The lowest BCUT2D eigenvalue weighted by molar-refractivity contribution is -0.140. The van der Waals surface area contributed by atoms with Crippen molar-refractivity contribution in [2.75, 3.05) is 37.7 Å². The monoisotopic (exact) mass is 415 g/mol. The molecule has 0 saturated carbocycles. The van der Waals surface area contributed by atoms with Crippen molar-refractivity contribution < 1.29 is 19.1 Å². The van der Waals surface area contributed by atoms with Crippen LogP contribution in [0, 0.1) is 11.3 Å². The zero-order chi connectivity index (χ0) is 21.4. The highest BCUT2D eigenvalue weighted by molar-refractivity contribution is 5.89. The van der Waals surface area contributed by atoms with Crippen LogP contribution in [0.5, 0.6) is 0 Å². The number of piperidine rings is 1. The lowest BCUT2D eigenvalue weighted by Gasteiger charge is -2.35. The van der Waals surface area contributed by atoms with Crippen molar-refractivity contribution >= 4 is 17.8 Å². The summed E-state index contributed by atoms with van der Waals surface area (Å²) in [6.45, 7) is 9.35. The first-order chi connectivity index (χ1) is 14.3. The molecule has 0 aromatic carbocycles. The molecule has 1 spiro atoms. The highest BCUT2D eigenvalue weighted by Gasteiger charge is 2.47. The molecular weight excluding hydrogens is 382 g/mol. The van der Waals surface area contributed by atoms with Crippen molar-refractivity contribution in [1.29, 1.82) is 0 Å². The molecule has 4 rings (SSSR count). The summed E-state index contributed by atoms with van der Waals surface area (Å²) in [5.41, 5.74) is 0.239. The Hall–Kier alpha value is -2.15. The van der Waals surface area contributed by atoms with Crippen molar-refractivity contribution in [2.24, 2.45) is 11.3 Å². The Morgan fingerprint density at radius 2 is 1.90 bits per heavy atom. The van der Waals surface area contributed by atoms with E-state index in [0.29, 0.717) is 31.5 Å². The number of hydrogen-bond donors (Lipinski definition) is 0. The summed E-state index contributed by atoms with van der Waals surface area (Å²) in [5.74, 6) is 1.40. The van der Waals surface area contributed by atoms with Gasteiger partial charge in [0.2, 0.25) is 5.91 Å². The van der Waals surface area contributed by atoms with Gasteiger partial charge in [-0.2, -0.15) is 0 Å². The Morgan fingerprint density at radius 1 is 1.20 bits per heavy atom. The third kappa shape index (κ3) is 4.46. The third-order valence-electron chi connectivity index (χ3n) is 6.48. The molecule has 4 heterocycles. The number of nitrogens with zero attached hydrogens (tertiary/aromatic N) is 3. The maximum absolute atomic E-state index is 12.5. The number of carbonyl (C=O) groups excluding carboxylic acids is 2. The number of ether oxygens (including phenoxy) is 2. The number of amides is 2. The molecule has 0 bridgehead atoms. The van der Waals surface area contributed by atoms with Crippen LogP contribution in [-0.2, 0) is 20.7 Å². The summed E-state index contributed by atoms with van der Waals surface area (Å²) < 4.78 is 11.2. The molecule has 30 heavy (non-hydrogen) atoms. The Labute approximate surface area is 178 Å². The largest absolute Gasteiger partial charge is 0.440 e. The summed E-state index contributed by atoms with van der Waals surface area (Å²) in [6, 6.07) is 5.88. The molecule has 3 aliphatic rings. The maximum atomic E-state index is 12.5. The maximum Gasteiger partial charge on any atom is 0.416 e. The van der Waals surface area contributed by atoms with Crippen LogP contribution in [0.4, 0.5) is 10.6 Å². The molecular formula is C23H33N3O4. The molecule has 0 radical (unpaired) electrons. The van der Waals surface area contributed by atoms with Crippen molar-refractivity contribution in [2.45, 2.75) is 58.5 Å². The van der Waals surface area contributed by atoms with Crippen LogP contribution in [0.15, 0.2) is 18.2 Å². The molecule has 7 nitrogen and oxygen atoms in total. The molecule has 0 unspecified atom stereocenters. The van der Waals surface area contributed by atoms with Crippen LogP contribution in [0.2, 0.25) is 0 Å². The molecule has 164 valence electrons. The second-order valence-electron chi connectivity index (χ2n) is 9.93. The minimum absolute atomic E-state index is 0.232. The SMILES string of the molecule is CC(C)(C)C(=O)N1CCC(Cc2cccc(N3CC4(CCOCC4)OC3=O)n2)CC1. The quantitative estimate of drug-likeness (QED) is 0.756. The van der Waals surface area contributed by atoms with E-state index in [0.717, 1.165) is 50.9 Å². The average molecular weight is 416 g/mol. The van der Waals surface area contributed by atoms with Gasteiger partial charge in [0, 0.05) is 37.0 Å². The molecule has 1 aromatic heterocycles. The van der Waals surface area contributed by atoms with Gasteiger partial charge in [-0.3, -0.25) is 9.69 Å². The molecule has 0 atom stereocenters. The van der Waals surface area contributed by atoms with E-state index >= 15 is 0 Å². The van der Waals surface area contributed by atoms with Crippen molar-refractivity contribution in [1.82, 2.24) is 9.88 Å². The zero-order valence-corrected chi connectivity index (χ0v) is 18.4.